The van der Waals surface area contributed by atoms with Gasteiger partial charge in [-0.05, 0) is 80.6 Å². The number of primary amides is 1. The zero-order valence-electron chi connectivity index (χ0n) is 21.1. The van der Waals surface area contributed by atoms with Crippen molar-refractivity contribution in [2.75, 3.05) is 31.1 Å². The van der Waals surface area contributed by atoms with E-state index in [0.717, 1.165) is 37.9 Å². The maximum Gasteiger partial charge on any atom is 0.319 e. The minimum absolute atomic E-state index is 0.0524. The number of piperidine rings is 1. The number of ketones is 1. The summed E-state index contributed by atoms with van der Waals surface area (Å²) in [6, 6.07) is 22.0. The van der Waals surface area contributed by atoms with Gasteiger partial charge in [-0.3, -0.25) is 9.69 Å². The van der Waals surface area contributed by atoms with Gasteiger partial charge in [0.05, 0.1) is 6.54 Å². The van der Waals surface area contributed by atoms with E-state index in [4.69, 9.17) is 5.73 Å². The van der Waals surface area contributed by atoms with E-state index in [-0.39, 0.29) is 18.1 Å². The minimum Gasteiger partial charge on any atom is -0.382 e. The summed E-state index contributed by atoms with van der Waals surface area (Å²) in [5.41, 5.74) is 7.14. The van der Waals surface area contributed by atoms with Crippen LogP contribution in [0.15, 0.2) is 78.9 Å². The SMILES string of the molecule is CC(=O)c1cccc(N(C[C@@](O)(CN2CCC(Cc3ccc(F)cc3)CC2)c2ccccc2)C(N)=O)c1. The van der Waals surface area contributed by atoms with Crippen LogP contribution in [0.4, 0.5) is 14.9 Å². The van der Waals surface area contributed by atoms with Crippen molar-refractivity contribution in [2.45, 2.75) is 31.8 Å². The number of aliphatic hydroxyl groups is 1. The molecule has 1 saturated heterocycles. The van der Waals surface area contributed by atoms with Crippen molar-refractivity contribution in [3.05, 3.63) is 101 Å². The van der Waals surface area contributed by atoms with Crippen LogP contribution >= 0.6 is 0 Å². The van der Waals surface area contributed by atoms with Crippen LogP contribution in [0, 0.1) is 11.7 Å². The molecular formula is C30H34FN3O3. The molecule has 1 aliphatic rings. The number of carbonyl (C=O) groups excluding carboxylic acids is 2. The Morgan fingerprint density at radius 3 is 2.32 bits per heavy atom. The number of urea groups is 1. The maximum atomic E-state index is 13.2. The summed E-state index contributed by atoms with van der Waals surface area (Å²) in [6.45, 7) is 3.35. The van der Waals surface area contributed by atoms with Gasteiger partial charge in [-0.15, -0.1) is 0 Å². The van der Waals surface area contributed by atoms with Crippen molar-refractivity contribution in [3.8, 4) is 0 Å². The minimum atomic E-state index is -1.38. The molecule has 37 heavy (non-hydrogen) atoms. The van der Waals surface area contributed by atoms with E-state index in [9.17, 15) is 19.1 Å². The third kappa shape index (κ3) is 6.81. The number of β-amino-alcohol motifs (C(OH)–C–C–N with tert-alkyl or cyclic N) is 1. The normalized spacial score (nSPS) is 16.2. The maximum absolute atomic E-state index is 13.2. The lowest BCUT2D eigenvalue weighted by molar-refractivity contribution is -0.00267. The van der Waals surface area contributed by atoms with E-state index in [2.05, 4.69) is 4.90 Å². The number of likely N-dealkylation sites (tertiary alicyclic amines) is 1. The third-order valence-corrected chi connectivity index (χ3v) is 7.19. The summed E-state index contributed by atoms with van der Waals surface area (Å²) in [5.74, 6) is 0.146. The van der Waals surface area contributed by atoms with E-state index >= 15 is 0 Å². The van der Waals surface area contributed by atoms with Gasteiger partial charge in [-0.2, -0.15) is 0 Å². The molecule has 0 bridgehead atoms. The first-order valence-corrected chi connectivity index (χ1v) is 12.7. The monoisotopic (exact) mass is 503 g/mol. The Bertz CT molecular complexity index is 1210. The topological polar surface area (TPSA) is 86.9 Å². The fraction of sp³-hybridized carbons (Fsp3) is 0.333. The molecule has 7 heteroatoms. The molecule has 0 aliphatic carbocycles. The smallest absolute Gasteiger partial charge is 0.319 e. The molecule has 4 rings (SSSR count). The van der Waals surface area contributed by atoms with Gasteiger partial charge in [0, 0.05) is 17.8 Å². The summed E-state index contributed by atoms with van der Waals surface area (Å²) in [6.07, 6.45) is 2.82. The van der Waals surface area contributed by atoms with Crippen LogP contribution in [0.3, 0.4) is 0 Å². The zero-order chi connectivity index (χ0) is 26.4. The molecule has 1 heterocycles. The number of rotatable bonds is 9. The Hall–Kier alpha value is -3.55. The van der Waals surface area contributed by atoms with Gasteiger partial charge in [-0.1, -0.05) is 54.6 Å². The number of anilines is 1. The highest BCUT2D eigenvalue weighted by Gasteiger charge is 2.36. The number of benzene rings is 3. The van der Waals surface area contributed by atoms with Gasteiger partial charge in [0.2, 0.25) is 0 Å². The first-order chi connectivity index (χ1) is 17.7. The fourth-order valence-electron chi connectivity index (χ4n) is 5.10. The Kier molecular flexibility index (Phi) is 8.36. The van der Waals surface area contributed by atoms with Crippen LogP contribution in [0.2, 0.25) is 0 Å². The van der Waals surface area contributed by atoms with Gasteiger partial charge < -0.3 is 15.7 Å². The van der Waals surface area contributed by atoms with Crippen LogP contribution < -0.4 is 10.6 Å². The second-order valence-corrected chi connectivity index (χ2v) is 9.98. The van der Waals surface area contributed by atoms with Crippen molar-refractivity contribution in [3.63, 3.8) is 0 Å². The van der Waals surface area contributed by atoms with Crippen molar-refractivity contribution >= 4 is 17.5 Å². The standard InChI is InChI=1S/C30H34FN3O3/c1-22(35)25-6-5-9-28(19-25)34(29(32)36)21-30(37,26-7-3-2-4-8-26)20-33-16-14-24(15-17-33)18-23-10-12-27(31)13-11-23/h2-13,19,24,37H,14-18,20-21H2,1H3,(H2,32,36)/t30-/m0/s1. The van der Waals surface area contributed by atoms with E-state index in [1.165, 1.54) is 24.0 Å². The van der Waals surface area contributed by atoms with Crippen LogP contribution in [-0.2, 0) is 12.0 Å². The molecule has 2 amide bonds. The molecule has 0 aromatic heterocycles. The summed E-state index contributed by atoms with van der Waals surface area (Å²) in [7, 11) is 0. The first kappa shape index (κ1) is 26.5. The number of carbonyl (C=O) groups is 2. The quantitative estimate of drug-likeness (QED) is 0.413. The van der Waals surface area contributed by atoms with Crippen LogP contribution in [-0.4, -0.2) is 48.0 Å². The third-order valence-electron chi connectivity index (χ3n) is 7.19. The van der Waals surface area contributed by atoms with Crippen LogP contribution in [0.1, 0.15) is 41.3 Å². The average molecular weight is 504 g/mol. The van der Waals surface area contributed by atoms with Gasteiger partial charge in [-0.25, -0.2) is 9.18 Å². The predicted molar refractivity (Wildman–Crippen MR) is 143 cm³/mol. The lowest BCUT2D eigenvalue weighted by atomic mass is 9.87. The molecule has 0 spiro atoms. The number of nitrogens with two attached hydrogens (primary N) is 1. The van der Waals surface area contributed by atoms with Gasteiger partial charge in [0.1, 0.15) is 11.4 Å². The molecule has 3 aromatic rings. The second-order valence-electron chi connectivity index (χ2n) is 9.98. The Balaban J connectivity index is 1.50. The summed E-state index contributed by atoms with van der Waals surface area (Å²) in [5, 5.41) is 12.0. The summed E-state index contributed by atoms with van der Waals surface area (Å²) in [4.78, 5) is 28.0. The Morgan fingerprint density at radius 2 is 1.70 bits per heavy atom. The van der Waals surface area contributed by atoms with Crippen molar-refractivity contribution in [1.82, 2.24) is 4.90 Å². The summed E-state index contributed by atoms with van der Waals surface area (Å²) >= 11 is 0. The molecular weight excluding hydrogens is 469 g/mol. The number of Topliss-reactive ketones (excluding diaryl/α,β-unsaturated/α-hetero) is 1. The Labute approximate surface area is 217 Å². The van der Waals surface area contributed by atoms with E-state index in [0.29, 0.717) is 29.3 Å². The molecule has 0 radical (unpaired) electrons. The molecule has 0 unspecified atom stereocenters. The van der Waals surface area contributed by atoms with E-state index < -0.39 is 11.6 Å². The zero-order valence-corrected chi connectivity index (χ0v) is 21.1. The number of halogens is 1. The van der Waals surface area contributed by atoms with E-state index in [1.54, 1.807) is 24.3 Å². The van der Waals surface area contributed by atoms with Crippen molar-refractivity contribution in [1.29, 1.82) is 0 Å². The molecule has 1 fully saturated rings. The van der Waals surface area contributed by atoms with Gasteiger partial charge >= 0.3 is 6.03 Å². The van der Waals surface area contributed by atoms with Gasteiger partial charge in [0.25, 0.3) is 0 Å². The number of nitrogens with zero attached hydrogens (tertiary/aromatic N) is 2. The predicted octanol–water partition coefficient (Wildman–Crippen LogP) is 4.76. The molecule has 6 nitrogen and oxygen atoms in total. The molecule has 1 atom stereocenters. The molecule has 194 valence electrons. The lowest BCUT2D eigenvalue weighted by Gasteiger charge is -2.40. The molecule has 3 N–H and O–H groups in total. The highest BCUT2D eigenvalue weighted by atomic mass is 19.1. The Morgan fingerprint density at radius 1 is 1.03 bits per heavy atom. The molecule has 3 aromatic carbocycles. The van der Waals surface area contributed by atoms with Crippen molar-refractivity contribution < 1.29 is 19.1 Å². The fourth-order valence-corrected chi connectivity index (χ4v) is 5.10. The summed E-state index contributed by atoms with van der Waals surface area (Å²) < 4.78 is 13.2. The largest absolute Gasteiger partial charge is 0.382 e. The molecule has 1 aliphatic heterocycles. The number of hydrogen-bond acceptors (Lipinski definition) is 4. The first-order valence-electron chi connectivity index (χ1n) is 12.7. The highest BCUT2D eigenvalue weighted by molar-refractivity contribution is 5.97. The van der Waals surface area contributed by atoms with E-state index in [1.807, 2.05) is 42.5 Å². The highest BCUT2D eigenvalue weighted by Crippen LogP contribution is 2.30. The van der Waals surface area contributed by atoms with Crippen molar-refractivity contribution in [2.24, 2.45) is 11.7 Å². The molecule has 0 saturated carbocycles. The van der Waals surface area contributed by atoms with Crippen LogP contribution in [0.5, 0.6) is 0 Å². The second kappa shape index (κ2) is 11.7. The number of hydrogen-bond donors (Lipinski definition) is 2. The van der Waals surface area contributed by atoms with Gasteiger partial charge in [0.15, 0.2) is 5.78 Å². The average Bonchev–Trinajstić information content (AvgIpc) is 2.90. The lowest BCUT2D eigenvalue weighted by Crippen LogP contribution is -2.53. The van der Waals surface area contributed by atoms with Crippen LogP contribution in [0.25, 0.3) is 0 Å². The number of amides is 2.